The Morgan fingerprint density at radius 2 is 1.97 bits per heavy atom. The number of carbonyl (C=O) groups is 2. The second kappa shape index (κ2) is 10.2. The number of halogens is 2. The molecular formula is C25H20Cl2N6O4. The molecule has 1 amide bonds. The van der Waals surface area contributed by atoms with Crippen molar-refractivity contribution < 1.29 is 19.4 Å². The molecule has 1 aliphatic rings. The molecule has 5 rings (SSSR count). The fourth-order valence-corrected chi connectivity index (χ4v) is 4.55. The first-order valence-corrected chi connectivity index (χ1v) is 12.2. The molecular weight excluding hydrogens is 519 g/mol. The highest BCUT2D eigenvalue weighted by Crippen LogP contribution is 2.39. The largest absolute Gasteiger partial charge is 0.618 e. The minimum atomic E-state index is -1.12. The maximum atomic E-state index is 13.3. The van der Waals surface area contributed by atoms with Gasteiger partial charge in [-0.25, -0.2) is 4.79 Å². The summed E-state index contributed by atoms with van der Waals surface area (Å²) in [6.45, 7) is 0. The minimum absolute atomic E-state index is 0.00702. The number of tetrazole rings is 1. The van der Waals surface area contributed by atoms with Crippen LogP contribution in [0.4, 0.5) is 5.69 Å². The predicted octanol–water partition coefficient (Wildman–Crippen LogP) is 4.49. The molecule has 37 heavy (non-hydrogen) atoms. The molecule has 0 spiro atoms. The van der Waals surface area contributed by atoms with E-state index in [4.69, 9.17) is 28.3 Å². The van der Waals surface area contributed by atoms with Gasteiger partial charge in [-0.15, -0.1) is 5.10 Å². The zero-order valence-electron chi connectivity index (χ0n) is 19.2. The molecule has 1 aliphatic carbocycles. The van der Waals surface area contributed by atoms with E-state index >= 15 is 0 Å². The summed E-state index contributed by atoms with van der Waals surface area (Å²) in [6, 6.07) is 12.6. The molecule has 1 saturated carbocycles. The van der Waals surface area contributed by atoms with Gasteiger partial charge in [0.05, 0.1) is 22.0 Å². The van der Waals surface area contributed by atoms with E-state index in [0.717, 1.165) is 12.8 Å². The fraction of sp³-hybridized carbons (Fsp3) is 0.200. The summed E-state index contributed by atoms with van der Waals surface area (Å²) in [5, 5.41) is 37.0. The predicted molar refractivity (Wildman–Crippen MR) is 136 cm³/mol. The van der Waals surface area contributed by atoms with E-state index in [-0.39, 0.29) is 22.0 Å². The van der Waals surface area contributed by atoms with Crippen LogP contribution in [0, 0.1) is 11.1 Å². The monoisotopic (exact) mass is 538 g/mol. The fourth-order valence-electron chi connectivity index (χ4n) is 4.15. The molecule has 0 radical (unpaired) electrons. The van der Waals surface area contributed by atoms with E-state index in [2.05, 4.69) is 20.8 Å². The van der Waals surface area contributed by atoms with Crippen molar-refractivity contribution >= 4 is 40.8 Å². The lowest BCUT2D eigenvalue weighted by molar-refractivity contribution is -0.614. The molecule has 1 atom stereocenters. The molecule has 4 aromatic rings. The molecule has 1 unspecified atom stereocenters. The second-order valence-electron chi connectivity index (χ2n) is 8.80. The van der Waals surface area contributed by atoms with E-state index in [1.54, 1.807) is 30.3 Å². The van der Waals surface area contributed by atoms with Crippen LogP contribution in [0.5, 0.6) is 0 Å². The van der Waals surface area contributed by atoms with Gasteiger partial charge in [0.25, 0.3) is 0 Å². The number of anilines is 1. The van der Waals surface area contributed by atoms with Gasteiger partial charge in [-0.3, -0.25) is 4.79 Å². The molecule has 2 aromatic carbocycles. The maximum absolute atomic E-state index is 13.3. The highest BCUT2D eigenvalue weighted by molar-refractivity contribution is 6.34. The number of aromatic nitrogens is 5. The van der Waals surface area contributed by atoms with Crippen molar-refractivity contribution in [3.63, 3.8) is 0 Å². The molecule has 2 N–H and O–H groups in total. The van der Waals surface area contributed by atoms with Crippen molar-refractivity contribution in [1.29, 1.82) is 0 Å². The first-order valence-electron chi connectivity index (χ1n) is 11.4. The van der Waals surface area contributed by atoms with Crippen molar-refractivity contribution in [1.82, 2.24) is 20.2 Å². The average Bonchev–Trinajstić information content (AvgIpc) is 3.53. The van der Waals surface area contributed by atoms with Crippen LogP contribution >= 0.6 is 23.2 Å². The average molecular weight is 539 g/mol. The van der Waals surface area contributed by atoms with Crippen LogP contribution in [-0.2, 0) is 4.79 Å². The number of aromatic carboxylic acids is 1. The van der Waals surface area contributed by atoms with Gasteiger partial charge in [0.1, 0.15) is 12.2 Å². The van der Waals surface area contributed by atoms with Crippen molar-refractivity contribution in [3.8, 4) is 16.8 Å². The third-order valence-electron chi connectivity index (χ3n) is 6.22. The van der Waals surface area contributed by atoms with Crippen LogP contribution in [0.25, 0.3) is 16.8 Å². The molecule has 188 valence electrons. The lowest BCUT2D eigenvalue weighted by Gasteiger charge is -2.18. The summed E-state index contributed by atoms with van der Waals surface area (Å²) >= 11 is 12.4. The quantitative estimate of drug-likeness (QED) is 0.249. The number of hydrogen-bond acceptors (Lipinski definition) is 6. The van der Waals surface area contributed by atoms with E-state index in [1.165, 1.54) is 35.4 Å². The third kappa shape index (κ3) is 5.40. The minimum Gasteiger partial charge on any atom is -0.618 e. The number of carboxylic acid groups (broad SMARTS) is 1. The molecule has 2 aromatic heterocycles. The highest BCUT2D eigenvalue weighted by Gasteiger charge is 2.35. The van der Waals surface area contributed by atoms with Crippen LogP contribution in [-0.4, -0.2) is 37.2 Å². The first kappa shape index (κ1) is 24.7. The van der Waals surface area contributed by atoms with Crippen LogP contribution in [0.15, 0.2) is 61.1 Å². The summed E-state index contributed by atoms with van der Waals surface area (Å²) in [7, 11) is 0. The van der Waals surface area contributed by atoms with Gasteiger partial charge in [0.15, 0.2) is 6.20 Å². The topological polar surface area (TPSA) is 137 Å². The Bertz CT molecular complexity index is 1490. The SMILES string of the molecule is O=C(O)c1ccc(NC(=O)C(CC2CC2)c2ccc(-c3cc(Cl)ccc3-n3cnnn3)c[n+]2[O-])c(Cl)c1. The number of pyridine rings is 1. The lowest BCUT2D eigenvalue weighted by Crippen LogP contribution is -2.37. The van der Waals surface area contributed by atoms with E-state index in [9.17, 15) is 14.8 Å². The Kier molecular flexibility index (Phi) is 6.77. The van der Waals surface area contributed by atoms with Crippen molar-refractivity contribution in [2.45, 2.75) is 25.2 Å². The van der Waals surface area contributed by atoms with Crippen LogP contribution < -0.4 is 10.0 Å². The van der Waals surface area contributed by atoms with Crippen LogP contribution in [0.1, 0.15) is 41.2 Å². The van der Waals surface area contributed by atoms with E-state index in [1.807, 2.05) is 0 Å². The number of nitrogens with zero attached hydrogens (tertiary/aromatic N) is 5. The smallest absolute Gasteiger partial charge is 0.335 e. The lowest BCUT2D eigenvalue weighted by atomic mass is 9.95. The van der Waals surface area contributed by atoms with Gasteiger partial charge in [0, 0.05) is 22.2 Å². The number of benzene rings is 2. The normalized spacial score (nSPS) is 13.8. The Balaban J connectivity index is 1.46. The van der Waals surface area contributed by atoms with Gasteiger partial charge in [-0.1, -0.05) is 36.0 Å². The molecule has 12 heteroatoms. The molecule has 0 aliphatic heterocycles. The zero-order chi connectivity index (χ0) is 26.1. The summed E-state index contributed by atoms with van der Waals surface area (Å²) < 4.78 is 2.17. The second-order valence-corrected chi connectivity index (χ2v) is 9.65. The van der Waals surface area contributed by atoms with Gasteiger partial charge < -0.3 is 15.6 Å². The molecule has 10 nitrogen and oxygen atoms in total. The Morgan fingerprint density at radius 3 is 2.62 bits per heavy atom. The van der Waals surface area contributed by atoms with E-state index < -0.39 is 17.8 Å². The summed E-state index contributed by atoms with van der Waals surface area (Å²) in [5.74, 6) is -1.90. The van der Waals surface area contributed by atoms with Gasteiger partial charge in [-0.2, -0.15) is 9.41 Å². The van der Waals surface area contributed by atoms with Crippen molar-refractivity contribution in [3.05, 3.63) is 87.6 Å². The van der Waals surface area contributed by atoms with E-state index in [0.29, 0.717) is 38.9 Å². The number of carboxylic acids is 1. The maximum Gasteiger partial charge on any atom is 0.335 e. The highest BCUT2D eigenvalue weighted by atomic mass is 35.5. The Hall–Kier alpha value is -4.02. The number of nitrogens with one attached hydrogen (secondary N) is 1. The van der Waals surface area contributed by atoms with Gasteiger partial charge in [-0.05, 0) is 65.2 Å². The number of hydrogen-bond donors (Lipinski definition) is 2. The summed E-state index contributed by atoms with van der Waals surface area (Å²) in [4.78, 5) is 24.5. The summed E-state index contributed by atoms with van der Waals surface area (Å²) in [6.07, 6.45) is 5.33. The number of amides is 1. The van der Waals surface area contributed by atoms with Gasteiger partial charge in [0.2, 0.25) is 11.6 Å². The van der Waals surface area contributed by atoms with Crippen LogP contribution in [0.2, 0.25) is 10.0 Å². The standard InChI is InChI=1S/C25H20Cl2N6O4/c26-17-5-8-22(32-13-28-30-31-32)18(11-17)16-4-7-23(33(37)12-16)19(9-14-1-2-14)24(34)29-21-6-3-15(25(35)36)10-20(21)27/h3-8,10-14,19H,1-2,9H2,(H,29,34)(H,35,36). The zero-order valence-corrected chi connectivity index (χ0v) is 20.7. The molecule has 1 fully saturated rings. The molecule has 0 bridgehead atoms. The third-order valence-corrected chi connectivity index (χ3v) is 6.77. The number of carbonyl (C=O) groups excluding carboxylic acids is 1. The molecule has 2 heterocycles. The number of rotatable bonds is 8. The molecule has 0 saturated heterocycles. The van der Waals surface area contributed by atoms with Crippen LogP contribution in [0.3, 0.4) is 0 Å². The Morgan fingerprint density at radius 1 is 1.16 bits per heavy atom. The summed E-state index contributed by atoms with van der Waals surface area (Å²) in [5.41, 5.74) is 2.42. The first-order chi connectivity index (χ1) is 17.8. The van der Waals surface area contributed by atoms with Crippen molar-refractivity contribution in [2.24, 2.45) is 5.92 Å². The van der Waals surface area contributed by atoms with Gasteiger partial charge >= 0.3 is 5.97 Å². The van der Waals surface area contributed by atoms with Crippen molar-refractivity contribution in [2.75, 3.05) is 5.32 Å². The Labute approximate surface area is 221 Å².